The number of furan rings is 1. The molecule has 1 amide bonds. The highest BCUT2D eigenvalue weighted by Gasteiger charge is 2.29. The fourth-order valence-corrected chi connectivity index (χ4v) is 3.22. The Morgan fingerprint density at radius 1 is 1.23 bits per heavy atom. The van der Waals surface area contributed by atoms with Crippen molar-refractivity contribution < 1.29 is 14.0 Å². The van der Waals surface area contributed by atoms with Gasteiger partial charge < -0.3 is 4.42 Å². The van der Waals surface area contributed by atoms with Crippen LogP contribution in [0.25, 0.3) is 0 Å². The molecule has 0 radical (unpaired) electrons. The van der Waals surface area contributed by atoms with E-state index in [1.807, 2.05) is 6.07 Å². The SMILES string of the molecule is O=C(Nc1ncc2c(n1)CC(c1ccco1)CC2=O)c1cccc(Cl)c1. The fraction of sp³-hybridized carbons (Fsp3) is 0.158. The molecule has 0 saturated heterocycles. The van der Waals surface area contributed by atoms with Crippen LogP contribution in [0.1, 0.15) is 44.5 Å². The number of hydrogen-bond acceptors (Lipinski definition) is 5. The van der Waals surface area contributed by atoms with E-state index in [0.29, 0.717) is 34.7 Å². The van der Waals surface area contributed by atoms with Gasteiger partial charge in [0, 0.05) is 35.5 Å². The molecule has 4 rings (SSSR count). The van der Waals surface area contributed by atoms with E-state index in [9.17, 15) is 9.59 Å². The van der Waals surface area contributed by atoms with E-state index in [1.54, 1.807) is 36.6 Å². The second-order valence-corrected chi connectivity index (χ2v) is 6.50. The third-order valence-electron chi connectivity index (χ3n) is 4.30. The molecule has 1 aliphatic carbocycles. The zero-order chi connectivity index (χ0) is 18.1. The van der Waals surface area contributed by atoms with Gasteiger partial charge in [-0.1, -0.05) is 17.7 Å². The average molecular weight is 368 g/mol. The zero-order valence-corrected chi connectivity index (χ0v) is 14.4. The Morgan fingerprint density at radius 3 is 2.88 bits per heavy atom. The minimum atomic E-state index is -0.364. The summed E-state index contributed by atoms with van der Waals surface area (Å²) in [6, 6.07) is 10.2. The van der Waals surface area contributed by atoms with Crippen LogP contribution in [-0.2, 0) is 6.42 Å². The number of ketones is 1. The number of Topliss-reactive ketones (excluding diaryl/α,β-unsaturated/α-hetero) is 1. The summed E-state index contributed by atoms with van der Waals surface area (Å²) in [5.74, 6) is 0.461. The van der Waals surface area contributed by atoms with Crippen molar-refractivity contribution in [1.29, 1.82) is 0 Å². The van der Waals surface area contributed by atoms with Crippen LogP contribution < -0.4 is 5.32 Å². The van der Waals surface area contributed by atoms with Gasteiger partial charge in [-0.3, -0.25) is 14.9 Å². The Balaban J connectivity index is 1.58. The number of aromatic nitrogens is 2. The van der Waals surface area contributed by atoms with Gasteiger partial charge in [-0.2, -0.15) is 0 Å². The molecule has 1 unspecified atom stereocenters. The van der Waals surface area contributed by atoms with E-state index in [4.69, 9.17) is 16.0 Å². The van der Waals surface area contributed by atoms with E-state index in [-0.39, 0.29) is 23.6 Å². The van der Waals surface area contributed by atoms with Gasteiger partial charge in [0.05, 0.1) is 17.5 Å². The van der Waals surface area contributed by atoms with Crippen molar-refractivity contribution in [3.63, 3.8) is 0 Å². The van der Waals surface area contributed by atoms with Gasteiger partial charge in [0.1, 0.15) is 5.76 Å². The van der Waals surface area contributed by atoms with Crippen LogP contribution in [0.2, 0.25) is 5.02 Å². The quantitative estimate of drug-likeness (QED) is 0.759. The second-order valence-electron chi connectivity index (χ2n) is 6.06. The summed E-state index contributed by atoms with van der Waals surface area (Å²) in [7, 11) is 0. The molecule has 26 heavy (non-hydrogen) atoms. The van der Waals surface area contributed by atoms with E-state index in [2.05, 4.69) is 15.3 Å². The number of benzene rings is 1. The summed E-state index contributed by atoms with van der Waals surface area (Å²) in [5, 5.41) is 3.11. The minimum absolute atomic E-state index is 0.0274. The Hall–Kier alpha value is -2.99. The Labute approximate surface area is 154 Å². The lowest BCUT2D eigenvalue weighted by molar-refractivity contribution is 0.0958. The summed E-state index contributed by atoms with van der Waals surface area (Å²) < 4.78 is 5.42. The number of halogens is 1. The van der Waals surface area contributed by atoms with Gasteiger partial charge in [-0.25, -0.2) is 9.97 Å². The summed E-state index contributed by atoms with van der Waals surface area (Å²) in [6.45, 7) is 0. The van der Waals surface area contributed by atoms with Crippen molar-refractivity contribution in [3.8, 4) is 0 Å². The van der Waals surface area contributed by atoms with Crippen LogP contribution in [0, 0.1) is 0 Å². The Morgan fingerprint density at radius 2 is 2.12 bits per heavy atom. The lowest BCUT2D eigenvalue weighted by Crippen LogP contribution is -2.22. The number of fused-ring (bicyclic) bond motifs is 1. The summed E-state index contributed by atoms with van der Waals surface area (Å²) >= 11 is 5.91. The zero-order valence-electron chi connectivity index (χ0n) is 13.6. The van der Waals surface area contributed by atoms with Crippen LogP contribution in [0.4, 0.5) is 5.95 Å². The molecular weight excluding hydrogens is 354 g/mol. The number of amides is 1. The van der Waals surface area contributed by atoms with Crippen molar-refractivity contribution in [2.45, 2.75) is 18.8 Å². The first kappa shape index (κ1) is 16.5. The van der Waals surface area contributed by atoms with Crippen molar-refractivity contribution in [2.75, 3.05) is 5.32 Å². The van der Waals surface area contributed by atoms with Crippen molar-refractivity contribution >= 4 is 29.2 Å². The molecule has 1 N–H and O–H groups in total. The smallest absolute Gasteiger partial charge is 0.258 e. The number of anilines is 1. The highest BCUT2D eigenvalue weighted by molar-refractivity contribution is 6.31. The highest BCUT2D eigenvalue weighted by Crippen LogP contribution is 2.32. The molecule has 2 aromatic heterocycles. The molecule has 0 saturated carbocycles. The molecule has 0 aliphatic heterocycles. The molecule has 1 aliphatic rings. The average Bonchev–Trinajstić information content (AvgIpc) is 3.16. The maximum absolute atomic E-state index is 12.4. The third kappa shape index (κ3) is 3.23. The van der Waals surface area contributed by atoms with Crippen LogP contribution in [0.3, 0.4) is 0 Å². The summed E-state index contributed by atoms with van der Waals surface area (Å²) in [6.07, 6.45) is 3.97. The highest BCUT2D eigenvalue weighted by atomic mass is 35.5. The first-order valence-corrected chi connectivity index (χ1v) is 8.47. The van der Waals surface area contributed by atoms with Gasteiger partial charge in [0.25, 0.3) is 5.91 Å². The first-order valence-electron chi connectivity index (χ1n) is 8.09. The number of carbonyl (C=O) groups is 2. The van der Waals surface area contributed by atoms with Crippen LogP contribution in [0.5, 0.6) is 0 Å². The van der Waals surface area contributed by atoms with Crippen molar-refractivity contribution in [2.24, 2.45) is 0 Å². The van der Waals surface area contributed by atoms with Gasteiger partial charge in [-0.05, 0) is 30.3 Å². The number of nitrogens with zero attached hydrogens (tertiary/aromatic N) is 2. The van der Waals surface area contributed by atoms with E-state index in [1.165, 1.54) is 6.20 Å². The van der Waals surface area contributed by atoms with E-state index in [0.717, 1.165) is 5.76 Å². The van der Waals surface area contributed by atoms with E-state index >= 15 is 0 Å². The van der Waals surface area contributed by atoms with Gasteiger partial charge in [0.15, 0.2) is 5.78 Å². The molecule has 0 spiro atoms. The second kappa shape index (κ2) is 6.72. The first-order chi connectivity index (χ1) is 12.6. The Bertz CT molecular complexity index is 985. The minimum Gasteiger partial charge on any atom is -0.469 e. The molecule has 0 fully saturated rings. The van der Waals surface area contributed by atoms with Crippen LogP contribution in [-0.4, -0.2) is 21.7 Å². The fourth-order valence-electron chi connectivity index (χ4n) is 3.03. The largest absolute Gasteiger partial charge is 0.469 e. The molecule has 6 nitrogen and oxygen atoms in total. The van der Waals surface area contributed by atoms with Crippen LogP contribution in [0.15, 0.2) is 53.3 Å². The molecule has 3 aromatic rings. The normalized spacial score (nSPS) is 16.2. The molecule has 1 aromatic carbocycles. The summed E-state index contributed by atoms with van der Waals surface area (Å²) in [4.78, 5) is 33.1. The lowest BCUT2D eigenvalue weighted by Gasteiger charge is -2.21. The molecule has 0 bridgehead atoms. The predicted octanol–water partition coefficient (Wildman–Crippen LogP) is 3.89. The van der Waals surface area contributed by atoms with Gasteiger partial charge in [0.2, 0.25) is 5.95 Å². The number of hydrogen-bond donors (Lipinski definition) is 1. The standard InChI is InChI=1S/C19H14ClN3O3/c20-13-4-1-3-11(7-13)18(25)23-19-21-10-14-15(22-19)8-12(9-16(14)24)17-5-2-6-26-17/h1-7,10,12H,8-9H2,(H,21,22,23,25). The molecule has 2 heterocycles. The lowest BCUT2D eigenvalue weighted by atomic mass is 9.85. The monoisotopic (exact) mass is 367 g/mol. The maximum atomic E-state index is 12.4. The van der Waals surface area contributed by atoms with Crippen LogP contribution >= 0.6 is 11.6 Å². The van der Waals surface area contributed by atoms with Crippen molar-refractivity contribution in [1.82, 2.24) is 9.97 Å². The van der Waals surface area contributed by atoms with Gasteiger partial charge in [-0.15, -0.1) is 0 Å². The Kier molecular flexibility index (Phi) is 4.26. The molecule has 1 atom stereocenters. The molecule has 130 valence electrons. The summed E-state index contributed by atoms with van der Waals surface area (Å²) in [5.41, 5.74) is 1.51. The topological polar surface area (TPSA) is 85.1 Å². The number of carbonyl (C=O) groups excluding carboxylic acids is 2. The molecule has 7 heteroatoms. The number of rotatable bonds is 3. The number of nitrogens with one attached hydrogen (secondary N) is 1. The third-order valence-corrected chi connectivity index (χ3v) is 4.53. The van der Waals surface area contributed by atoms with Crippen molar-refractivity contribution in [3.05, 3.63) is 76.5 Å². The molecular formula is C19H14ClN3O3. The predicted molar refractivity (Wildman–Crippen MR) is 95.5 cm³/mol. The maximum Gasteiger partial charge on any atom is 0.258 e. The van der Waals surface area contributed by atoms with Gasteiger partial charge >= 0.3 is 0 Å². The van der Waals surface area contributed by atoms with E-state index < -0.39 is 0 Å².